The second-order valence-corrected chi connectivity index (χ2v) is 8.18. The Morgan fingerprint density at radius 3 is 2.67 bits per heavy atom. The van der Waals surface area contributed by atoms with Crippen LogP contribution in [-0.4, -0.2) is 24.4 Å². The Bertz CT molecular complexity index is 966. The monoisotopic (exact) mass is 407 g/mol. The van der Waals surface area contributed by atoms with Gasteiger partial charge in [0.1, 0.15) is 17.6 Å². The molecule has 30 heavy (non-hydrogen) atoms. The molecule has 1 unspecified atom stereocenters. The molecule has 0 spiro atoms. The van der Waals surface area contributed by atoms with Gasteiger partial charge in [0.25, 0.3) is 0 Å². The molecule has 1 N–H and O–H groups in total. The van der Waals surface area contributed by atoms with Crippen molar-refractivity contribution in [3.8, 4) is 11.5 Å². The predicted octanol–water partition coefficient (Wildman–Crippen LogP) is 4.89. The highest BCUT2D eigenvalue weighted by Gasteiger charge is 2.23. The zero-order valence-electron chi connectivity index (χ0n) is 17.8. The van der Waals surface area contributed by atoms with Crippen molar-refractivity contribution in [2.24, 2.45) is 0 Å². The number of fused-ring (bicyclic) bond motifs is 2. The van der Waals surface area contributed by atoms with Gasteiger partial charge in [-0.05, 0) is 62.8 Å². The van der Waals surface area contributed by atoms with Crippen molar-refractivity contribution in [3.63, 3.8) is 0 Å². The van der Waals surface area contributed by atoms with E-state index in [0.29, 0.717) is 23.6 Å². The fourth-order valence-corrected chi connectivity index (χ4v) is 4.30. The van der Waals surface area contributed by atoms with Gasteiger partial charge in [-0.2, -0.15) is 0 Å². The lowest BCUT2D eigenvalue weighted by molar-refractivity contribution is -0.116. The molecule has 1 aliphatic heterocycles. The lowest BCUT2D eigenvalue weighted by Gasteiger charge is -2.16. The third-order valence-corrected chi connectivity index (χ3v) is 5.82. The number of ether oxygens (including phenoxy) is 2. The minimum atomic E-state index is -0.201. The number of Topliss-reactive ketones (excluding diaryl/α,β-unsaturated/α-hetero) is 1. The van der Waals surface area contributed by atoms with Crippen LogP contribution >= 0.6 is 0 Å². The molecule has 1 amide bonds. The van der Waals surface area contributed by atoms with E-state index in [1.807, 2.05) is 38.1 Å². The van der Waals surface area contributed by atoms with Crippen molar-refractivity contribution in [1.82, 2.24) is 0 Å². The van der Waals surface area contributed by atoms with Gasteiger partial charge in [-0.25, -0.2) is 0 Å². The van der Waals surface area contributed by atoms with Crippen LogP contribution in [0, 0.1) is 0 Å². The van der Waals surface area contributed by atoms with Crippen LogP contribution in [0.4, 0.5) is 5.69 Å². The fourth-order valence-electron chi connectivity index (χ4n) is 4.30. The summed E-state index contributed by atoms with van der Waals surface area (Å²) in [4.78, 5) is 25.2. The topological polar surface area (TPSA) is 64.6 Å². The average molecular weight is 408 g/mol. The van der Waals surface area contributed by atoms with E-state index in [1.165, 1.54) is 24.0 Å². The Balaban J connectivity index is 1.39. The van der Waals surface area contributed by atoms with Crippen molar-refractivity contribution in [1.29, 1.82) is 0 Å². The Morgan fingerprint density at radius 1 is 1.07 bits per heavy atom. The van der Waals surface area contributed by atoms with Gasteiger partial charge in [0, 0.05) is 36.5 Å². The molecule has 0 bridgehead atoms. The van der Waals surface area contributed by atoms with Crippen LogP contribution in [0.3, 0.4) is 0 Å². The van der Waals surface area contributed by atoms with E-state index in [2.05, 4.69) is 11.4 Å². The number of hydrogen-bond donors (Lipinski definition) is 1. The standard InChI is InChI=1S/C25H29NO4/c1-3-29-24-14-20-12-16(2)30-23(20)15-21(24)26-25(28)11-10-22(27)19-9-8-17-6-4-5-7-18(17)13-19/h8-9,13-16H,3-7,10-12H2,1-2H3,(H,26,28). The molecule has 2 aromatic rings. The maximum absolute atomic E-state index is 12.6. The average Bonchev–Trinajstić information content (AvgIpc) is 3.10. The number of aryl methyl sites for hydroxylation is 2. The van der Waals surface area contributed by atoms with Crippen LogP contribution in [0.2, 0.25) is 0 Å². The van der Waals surface area contributed by atoms with Gasteiger partial charge in [0.2, 0.25) is 5.91 Å². The first-order valence-electron chi connectivity index (χ1n) is 10.9. The minimum absolute atomic E-state index is 0.00895. The number of hydrogen-bond acceptors (Lipinski definition) is 4. The summed E-state index contributed by atoms with van der Waals surface area (Å²) in [5, 5.41) is 2.90. The zero-order chi connectivity index (χ0) is 21.1. The molecule has 158 valence electrons. The predicted molar refractivity (Wildman–Crippen MR) is 117 cm³/mol. The molecule has 0 saturated carbocycles. The Hall–Kier alpha value is -2.82. The summed E-state index contributed by atoms with van der Waals surface area (Å²) in [6, 6.07) is 9.75. The molecule has 1 atom stereocenters. The molecule has 0 saturated heterocycles. The molecule has 0 fully saturated rings. The van der Waals surface area contributed by atoms with Crippen LogP contribution in [0.5, 0.6) is 11.5 Å². The molecule has 2 aromatic carbocycles. The van der Waals surface area contributed by atoms with E-state index >= 15 is 0 Å². The van der Waals surface area contributed by atoms with Crippen molar-refractivity contribution < 1.29 is 19.1 Å². The van der Waals surface area contributed by atoms with Gasteiger partial charge in [-0.15, -0.1) is 0 Å². The quantitative estimate of drug-likeness (QED) is 0.664. The third-order valence-electron chi connectivity index (χ3n) is 5.82. The van der Waals surface area contributed by atoms with Crippen molar-refractivity contribution in [2.45, 2.75) is 64.9 Å². The first-order valence-corrected chi connectivity index (χ1v) is 10.9. The zero-order valence-corrected chi connectivity index (χ0v) is 17.8. The highest BCUT2D eigenvalue weighted by Crippen LogP contribution is 2.38. The van der Waals surface area contributed by atoms with Gasteiger partial charge < -0.3 is 14.8 Å². The number of rotatable bonds is 7. The van der Waals surface area contributed by atoms with Crippen molar-refractivity contribution in [3.05, 3.63) is 52.6 Å². The Labute approximate surface area is 177 Å². The molecule has 4 rings (SSSR count). The van der Waals surface area contributed by atoms with E-state index < -0.39 is 0 Å². The van der Waals surface area contributed by atoms with Gasteiger partial charge in [0.15, 0.2) is 5.78 Å². The van der Waals surface area contributed by atoms with Crippen LogP contribution in [0.1, 0.15) is 66.6 Å². The first-order chi connectivity index (χ1) is 14.5. The summed E-state index contributed by atoms with van der Waals surface area (Å²) in [7, 11) is 0. The maximum atomic E-state index is 12.6. The van der Waals surface area contributed by atoms with Crippen LogP contribution in [0.25, 0.3) is 0 Å². The van der Waals surface area contributed by atoms with Gasteiger partial charge >= 0.3 is 0 Å². The van der Waals surface area contributed by atoms with E-state index in [-0.39, 0.29) is 30.6 Å². The number of ketones is 1. The smallest absolute Gasteiger partial charge is 0.224 e. The minimum Gasteiger partial charge on any atom is -0.492 e. The summed E-state index contributed by atoms with van der Waals surface area (Å²) in [6.45, 7) is 4.44. The highest BCUT2D eigenvalue weighted by molar-refractivity contribution is 6.00. The van der Waals surface area contributed by atoms with E-state index in [9.17, 15) is 9.59 Å². The number of benzene rings is 2. The number of amides is 1. The third kappa shape index (κ3) is 4.50. The first kappa shape index (κ1) is 20.5. The lowest BCUT2D eigenvalue weighted by Crippen LogP contribution is -2.15. The molecule has 1 aliphatic carbocycles. The van der Waals surface area contributed by atoms with E-state index in [4.69, 9.17) is 9.47 Å². The summed E-state index contributed by atoms with van der Waals surface area (Å²) in [5.74, 6) is 1.23. The number of carbonyl (C=O) groups is 2. The molecule has 0 aromatic heterocycles. The van der Waals surface area contributed by atoms with E-state index in [1.54, 1.807) is 0 Å². The van der Waals surface area contributed by atoms with Gasteiger partial charge in [-0.3, -0.25) is 9.59 Å². The largest absolute Gasteiger partial charge is 0.492 e. The van der Waals surface area contributed by atoms with E-state index in [0.717, 1.165) is 30.6 Å². The van der Waals surface area contributed by atoms with Crippen molar-refractivity contribution >= 4 is 17.4 Å². The number of anilines is 1. The molecule has 2 aliphatic rings. The lowest BCUT2D eigenvalue weighted by atomic mass is 9.89. The van der Waals surface area contributed by atoms with Crippen LogP contribution < -0.4 is 14.8 Å². The second kappa shape index (κ2) is 8.90. The van der Waals surface area contributed by atoms with Crippen molar-refractivity contribution in [2.75, 3.05) is 11.9 Å². The fraction of sp³-hybridized carbons (Fsp3) is 0.440. The van der Waals surface area contributed by atoms with Gasteiger partial charge in [-0.1, -0.05) is 12.1 Å². The number of nitrogens with one attached hydrogen (secondary N) is 1. The molecular formula is C25H29NO4. The SMILES string of the molecule is CCOc1cc2c(cc1NC(=O)CCC(=O)c1ccc3c(c1)CCCC3)OC(C)C2. The summed E-state index contributed by atoms with van der Waals surface area (Å²) < 4.78 is 11.5. The second-order valence-electron chi connectivity index (χ2n) is 8.18. The molecule has 5 heteroatoms. The Kier molecular flexibility index (Phi) is 6.07. The summed E-state index contributed by atoms with van der Waals surface area (Å²) in [5.41, 5.74) is 5.03. The normalized spacial score (nSPS) is 16.9. The highest BCUT2D eigenvalue weighted by atomic mass is 16.5. The molecule has 1 heterocycles. The Morgan fingerprint density at radius 2 is 1.87 bits per heavy atom. The summed E-state index contributed by atoms with van der Waals surface area (Å²) in [6.07, 6.45) is 5.81. The van der Waals surface area contributed by atoms with Crippen LogP contribution in [-0.2, 0) is 24.1 Å². The maximum Gasteiger partial charge on any atom is 0.224 e. The number of carbonyl (C=O) groups excluding carboxylic acids is 2. The van der Waals surface area contributed by atoms with Gasteiger partial charge in [0.05, 0.1) is 12.3 Å². The summed E-state index contributed by atoms with van der Waals surface area (Å²) >= 11 is 0. The van der Waals surface area contributed by atoms with Crippen LogP contribution in [0.15, 0.2) is 30.3 Å². The molecule has 5 nitrogen and oxygen atoms in total. The molecular weight excluding hydrogens is 378 g/mol. The molecule has 0 radical (unpaired) electrons.